The van der Waals surface area contributed by atoms with Crippen LogP contribution in [0.3, 0.4) is 0 Å². The summed E-state index contributed by atoms with van der Waals surface area (Å²) >= 11 is 5.14. The van der Waals surface area contributed by atoms with E-state index in [-0.39, 0.29) is 28.4 Å². The summed E-state index contributed by atoms with van der Waals surface area (Å²) in [5, 5.41) is 20.3. The number of nitrogens with one attached hydrogen (secondary N) is 2. The number of methoxy groups -OCH3 is 1. The average Bonchev–Trinajstić information content (AvgIpc) is 3.16. The fourth-order valence-electron chi connectivity index (χ4n) is 2.61. The third kappa shape index (κ3) is 4.88. The van der Waals surface area contributed by atoms with Gasteiger partial charge in [-0.1, -0.05) is 0 Å². The van der Waals surface area contributed by atoms with Crippen molar-refractivity contribution in [2.24, 2.45) is 0 Å². The zero-order chi connectivity index (χ0) is 22.7. The smallest absolute Gasteiger partial charge is 0.273 e. The first-order valence-electron chi connectivity index (χ1n) is 8.45. The molecule has 0 aliphatic heterocycles. The molecular formula is C18H13F4N5O3S. The van der Waals surface area contributed by atoms with Crippen LogP contribution in [-0.4, -0.2) is 26.9 Å². The molecule has 0 fully saturated rings. The second-order valence-corrected chi connectivity index (χ2v) is 6.47. The standard InChI is InChI=1S/C18H13F4N5O3S/c1-30-14-6-9(27(28)29)2-3-13(14)23-18(31)24-15-4-5-26(25-15)8-10-16(21)11(19)7-12(20)17(10)22/h2-7H,8H2,1H3,(H2,23,24,25,31). The van der Waals surface area contributed by atoms with E-state index in [4.69, 9.17) is 17.0 Å². The van der Waals surface area contributed by atoms with Gasteiger partial charge in [-0.25, -0.2) is 17.6 Å². The lowest BCUT2D eigenvalue weighted by Crippen LogP contribution is -2.20. The first-order chi connectivity index (χ1) is 14.7. The molecule has 2 aromatic carbocycles. The van der Waals surface area contributed by atoms with Crippen LogP contribution >= 0.6 is 12.2 Å². The van der Waals surface area contributed by atoms with Gasteiger partial charge in [-0.05, 0) is 18.3 Å². The molecule has 1 heterocycles. The van der Waals surface area contributed by atoms with Gasteiger partial charge in [-0.2, -0.15) is 5.10 Å². The lowest BCUT2D eigenvalue weighted by Gasteiger charge is -2.12. The molecule has 0 atom stereocenters. The maximum atomic E-state index is 13.8. The SMILES string of the molecule is COc1cc([N+](=O)[O-])ccc1NC(=S)Nc1ccn(Cc2c(F)c(F)cc(F)c2F)n1. The summed E-state index contributed by atoms with van der Waals surface area (Å²) in [5.41, 5.74) is -0.652. The number of anilines is 2. The van der Waals surface area contributed by atoms with Crippen LogP contribution in [0, 0.1) is 33.4 Å². The molecule has 31 heavy (non-hydrogen) atoms. The minimum atomic E-state index is -1.51. The van der Waals surface area contributed by atoms with Crippen LogP contribution in [0.1, 0.15) is 5.56 Å². The van der Waals surface area contributed by atoms with Gasteiger partial charge in [0.1, 0.15) is 5.75 Å². The number of nitro benzene ring substituents is 1. The number of hydrogen-bond acceptors (Lipinski definition) is 5. The summed E-state index contributed by atoms with van der Waals surface area (Å²) in [6.45, 7) is -0.565. The van der Waals surface area contributed by atoms with E-state index < -0.39 is 40.3 Å². The van der Waals surface area contributed by atoms with Crippen LogP contribution < -0.4 is 15.4 Å². The van der Waals surface area contributed by atoms with Gasteiger partial charge in [0.15, 0.2) is 34.2 Å². The molecule has 0 radical (unpaired) electrons. The Morgan fingerprint density at radius 2 is 1.84 bits per heavy atom. The molecule has 1 aromatic heterocycles. The van der Waals surface area contributed by atoms with E-state index >= 15 is 0 Å². The molecule has 3 rings (SSSR count). The average molecular weight is 455 g/mol. The van der Waals surface area contributed by atoms with Crippen LogP contribution in [0.25, 0.3) is 0 Å². The van der Waals surface area contributed by atoms with Gasteiger partial charge in [0.2, 0.25) is 0 Å². The number of hydrogen-bond donors (Lipinski definition) is 2. The molecule has 8 nitrogen and oxygen atoms in total. The molecule has 0 unspecified atom stereocenters. The van der Waals surface area contributed by atoms with Gasteiger partial charge in [0.05, 0.1) is 35.9 Å². The van der Waals surface area contributed by atoms with Crippen molar-refractivity contribution in [1.29, 1.82) is 0 Å². The number of benzene rings is 2. The quantitative estimate of drug-likeness (QED) is 0.189. The van der Waals surface area contributed by atoms with Crippen LogP contribution in [0.5, 0.6) is 5.75 Å². The van der Waals surface area contributed by atoms with Crippen LogP contribution in [0.15, 0.2) is 36.5 Å². The zero-order valence-electron chi connectivity index (χ0n) is 15.7. The number of aromatic nitrogens is 2. The molecule has 162 valence electrons. The van der Waals surface area contributed by atoms with E-state index in [0.717, 1.165) is 4.68 Å². The maximum Gasteiger partial charge on any atom is 0.273 e. The normalized spacial score (nSPS) is 10.6. The molecule has 13 heteroatoms. The van der Waals surface area contributed by atoms with Crippen LogP contribution in [0.2, 0.25) is 0 Å². The zero-order valence-corrected chi connectivity index (χ0v) is 16.5. The van der Waals surface area contributed by atoms with Crippen molar-refractivity contribution in [2.75, 3.05) is 17.7 Å². The largest absolute Gasteiger partial charge is 0.494 e. The van der Waals surface area contributed by atoms with Gasteiger partial charge in [-0.15, -0.1) is 0 Å². The fraction of sp³-hybridized carbons (Fsp3) is 0.111. The predicted octanol–water partition coefficient (Wildman–Crippen LogP) is 4.21. The Balaban J connectivity index is 1.71. The summed E-state index contributed by atoms with van der Waals surface area (Å²) in [5.74, 6) is -5.71. The Morgan fingerprint density at radius 1 is 1.16 bits per heavy atom. The first kappa shape index (κ1) is 22.0. The van der Waals surface area contributed by atoms with E-state index in [0.29, 0.717) is 5.69 Å². The van der Waals surface area contributed by atoms with Crippen molar-refractivity contribution >= 4 is 34.5 Å². The highest BCUT2D eigenvalue weighted by Gasteiger charge is 2.20. The Kier molecular flexibility index (Phi) is 6.34. The number of non-ortho nitro benzene ring substituents is 1. The number of nitro groups is 1. The van der Waals surface area contributed by atoms with Gasteiger partial charge in [0, 0.05) is 24.4 Å². The maximum absolute atomic E-state index is 13.8. The summed E-state index contributed by atoms with van der Waals surface area (Å²) in [6, 6.07) is 5.39. The van der Waals surface area contributed by atoms with Crippen LogP contribution in [0.4, 0.5) is 34.8 Å². The highest BCUT2D eigenvalue weighted by Crippen LogP contribution is 2.29. The molecular weight excluding hydrogens is 442 g/mol. The van der Waals surface area contributed by atoms with Gasteiger partial charge in [0.25, 0.3) is 5.69 Å². The second kappa shape index (κ2) is 8.95. The van der Waals surface area contributed by atoms with E-state index in [1.807, 2.05) is 0 Å². The minimum absolute atomic E-state index is 0.0339. The van der Waals surface area contributed by atoms with Crippen molar-refractivity contribution in [1.82, 2.24) is 9.78 Å². The molecule has 0 saturated carbocycles. The molecule has 3 aromatic rings. The summed E-state index contributed by atoms with van der Waals surface area (Å²) < 4.78 is 60.5. The molecule has 0 amide bonds. The highest BCUT2D eigenvalue weighted by atomic mass is 32.1. The third-order valence-corrected chi connectivity index (χ3v) is 4.25. The molecule has 0 saturated heterocycles. The van der Waals surface area contributed by atoms with E-state index in [9.17, 15) is 27.7 Å². The molecule has 0 aliphatic rings. The van der Waals surface area contributed by atoms with Crippen molar-refractivity contribution in [2.45, 2.75) is 6.54 Å². The Bertz CT molecular complexity index is 1150. The number of ether oxygens (including phenoxy) is 1. The second-order valence-electron chi connectivity index (χ2n) is 6.07. The first-order valence-corrected chi connectivity index (χ1v) is 8.86. The van der Waals surface area contributed by atoms with Crippen molar-refractivity contribution in [3.8, 4) is 5.75 Å². The lowest BCUT2D eigenvalue weighted by molar-refractivity contribution is -0.384. The highest BCUT2D eigenvalue weighted by molar-refractivity contribution is 7.80. The van der Waals surface area contributed by atoms with Crippen molar-refractivity contribution in [3.05, 3.63) is 75.5 Å². The number of halogens is 4. The predicted molar refractivity (Wildman–Crippen MR) is 107 cm³/mol. The van der Waals surface area contributed by atoms with E-state index in [2.05, 4.69) is 15.7 Å². The molecule has 0 spiro atoms. The number of nitrogens with zero attached hydrogens (tertiary/aromatic N) is 3. The summed E-state index contributed by atoms with van der Waals surface area (Å²) in [7, 11) is 1.33. The summed E-state index contributed by atoms with van der Waals surface area (Å²) in [6.07, 6.45) is 1.32. The molecule has 0 bridgehead atoms. The Hall–Kier alpha value is -3.74. The molecule has 2 N–H and O–H groups in total. The van der Waals surface area contributed by atoms with Gasteiger partial charge >= 0.3 is 0 Å². The third-order valence-electron chi connectivity index (χ3n) is 4.05. The van der Waals surface area contributed by atoms with Crippen molar-refractivity contribution in [3.63, 3.8) is 0 Å². The molecule has 0 aliphatic carbocycles. The minimum Gasteiger partial charge on any atom is -0.494 e. The Morgan fingerprint density at radius 3 is 2.45 bits per heavy atom. The van der Waals surface area contributed by atoms with Crippen LogP contribution in [-0.2, 0) is 6.54 Å². The van der Waals surface area contributed by atoms with Gasteiger partial charge in [-0.3, -0.25) is 14.8 Å². The lowest BCUT2D eigenvalue weighted by atomic mass is 10.2. The number of thiocarbonyl (C=S) groups is 1. The van der Waals surface area contributed by atoms with Crippen molar-refractivity contribution < 1.29 is 27.2 Å². The summed E-state index contributed by atoms with van der Waals surface area (Å²) in [4.78, 5) is 10.3. The van der Waals surface area contributed by atoms with E-state index in [1.54, 1.807) is 0 Å². The topological polar surface area (TPSA) is 94.3 Å². The van der Waals surface area contributed by atoms with E-state index in [1.165, 1.54) is 37.6 Å². The monoisotopic (exact) mass is 455 g/mol. The fourth-order valence-corrected chi connectivity index (χ4v) is 2.82. The Labute approximate surface area is 177 Å². The number of rotatable bonds is 6. The van der Waals surface area contributed by atoms with Gasteiger partial charge < -0.3 is 15.4 Å².